The number of aliphatic carboxylic acids is 1. The third-order valence-electron chi connectivity index (χ3n) is 3.50. The molecule has 0 aromatic heterocycles. The summed E-state index contributed by atoms with van der Waals surface area (Å²) in [7, 11) is 0. The molecule has 1 saturated heterocycles. The standard InChI is InChI=1S/C14H19NO2/c1-11-4-3-5-12(8-11)15-7-6-14(2,10-15)9-13(16)17/h3-5,8H,6-7,9-10H2,1-2H3,(H,16,17). The highest BCUT2D eigenvalue weighted by Crippen LogP contribution is 2.36. The molecule has 0 aliphatic carbocycles. The van der Waals surface area contributed by atoms with E-state index in [0.29, 0.717) is 0 Å². The number of anilines is 1. The molecular formula is C14H19NO2. The maximum absolute atomic E-state index is 10.8. The summed E-state index contributed by atoms with van der Waals surface area (Å²) in [6.07, 6.45) is 1.21. The normalized spacial score (nSPS) is 24.0. The van der Waals surface area contributed by atoms with Crippen molar-refractivity contribution in [3.8, 4) is 0 Å². The van der Waals surface area contributed by atoms with Gasteiger partial charge in [-0.1, -0.05) is 19.1 Å². The van der Waals surface area contributed by atoms with Crippen LogP contribution < -0.4 is 4.90 Å². The van der Waals surface area contributed by atoms with E-state index >= 15 is 0 Å². The minimum atomic E-state index is -0.696. The third-order valence-corrected chi connectivity index (χ3v) is 3.50. The second-order valence-corrected chi connectivity index (χ2v) is 5.39. The van der Waals surface area contributed by atoms with Gasteiger partial charge in [0.2, 0.25) is 0 Å². The fourth-order valence-electron chi connectivity index (χ4n) is 2.58. The van der Waals surface area contributed by atoms with Gasteiger partial charge < -0.3 is 10.0 Å². The predicted octanol–water partition coefficient (Wildman–Crippen LogP) is 2.69. The average molecular weight is 233 g/mol. The molecule has 1 atom stereocenters. The van der Waals surface area contributed by atoms with Crippen molar-refractivity contribution in [1.29, 1.82) is 0 Å². The largest absolute Gasteiger partial charge is 0.481 e. The predicted molar refractivity (Wildman–Crippen MR) is 68.4 cm³/mol. The number of benzene rings is 1. The van der Waals surface area contributed by atoms with Crippen molar-refractivity contribution in [3.63, 3.8) is 0 Å². The van der Waals surface area contributed by atoms with E-state index in [1.54, 1.807) is 0 Å². The summed E-state index contributed by atoms with van der Waals surface area (Å²) in [6, 6.07) is 8.39. The van der Waals surface area contributed by atoms with Crippen LogP contribution in [-0.2, 0) is 4.79 Å². The molecule has 1 aliphatic heterocycles. The first-order valence-corrected chi connectivity index (χ1v) is 6.02. The van der Waals surface area contributed by atoms with Gasteiger partial charge in [-0.25, -0.2) is 0 Å². The van der Waals surface area contributed by atoms with Crippen LogP contribution in [0.15, 0.2) is 24.3 Å². The maximum atomic E-state index is 10.8. The number of nitrogens with zero attached hydrogens (tertiary/aromatic N) is 1. The second-order valence-electron chi connectivity index (χ2n) is 5.39. The van der Waals surface area contributed by atoms with Gasteiger partial charge in [0.25, 0.3) is 0 Å². The van der Waals surface area contributed by atoms with Crippen LogP contribution >= 0.6 is 0 Å². The van der Waals surface area contributed by atoms with Crippen LogP contribution in [0.4, 0.5) is 5.69 Å². The van der Waals surface area contributed by atoms with Gasteiger partial charge in [-0.2, -0.15) is 0 Å². The van der Waals surface area contributed by atoms with Gasteiger partial charge in [0, 0.05) is 18.8 Å². The van der Waals surface area contributed by atoms with Crippen molar-refractivity contribution >= 4 is 11.7 Å². The average Bonchev–Trinajstić information content (AvgIpc) is 2.59. The Balaban J connectivity index is 2.09. The molecular weight excluding hydrogens is 214 g/mol. The van der Waals surface area contributed by atoms with Crippen LogP contribution in [0.2, 0.25) is 0 Å². The molecule has 0 bridgehead atoms. The number of rotatable bonds is 3. The molecule has 92 valence electrons. The van der Waals surface area contributed by atoms with E-state index in [4.69, 9.17) is 5.11 Å². The van der Waals surface area contributed by atoms with E-state index in [9.17, 15) is 4.79 Å². The van der Waals surface area contributed by atoms with Crippen molar-refractivity contribution < 1.29 is 9.90 Å². The molecule has 1 N–H and O–H groups in total. The highest BCUT2D eigenvalue weighted by molar-refractivity contribution is 5.68. The van der Waals surface area contributed by atoms with Gasteiger partial charge >= 0.3 is 5.97 Å². The Morgan fingerprint density at radius 3 is 2.94 bits per heavy atom. The van der Waals surface area contributed by atoms with Crippen molar-refractivity contribution in [1.82, 2.24) is 0 Å². The number of hydrogen-bond donors (Lipinski definition) is 1. The van der Waals surface area contributed by atoms with Crippen LogP contribution in [0, 0.1) is 12.3 Å². The zero-order valence-electron chi connectivity index (χ0n) is 10.4. The van der Waals surface area contributed by atoms with Gasteiger partial charge in [0.15, 0.2) is 0 Å². The van der Waals surface area contributed by atoms with Crippen LogP contribution in [0.25, 0.3) is 0 Å². The van der Waals surface area contributed by atoms with E-state index in [2.05, 4.69) is 43.0 Å². The number of aryl methyl sites for hydroxylation is 1. The Morgan fingerprint density at radius 2 is 2.29 bits per heavy atom. The van der Waals surface area contributed by atoms with Gasteiger partial charge in [-0.15, -0.1) is 0 Å². The fourth-order valence-corrected chi connectivity index (χ4v) is 2.58. The highest BCUT2D eigenvalue weighted by Gasteiger charge is 2.35. The Bertz CT molecular complexity index is 430. The van der Waals surface area contributed by atoms with Crippen molar-refractivity contribution in [2.75, 3.05) is 18.0 Å². The minimum Gasteiger partial charge on any atom is -0.481 e. The third kappa shape index (κ3) is 2.78. The molecule has 0 spiro atoms. The molecule has 3 nitrogen and oxygen atoms in total. The molecule has 2 rings (SSSR count). The van der Waals surface area contributed by atoms with E-state index in [1.807, 2.05) is 0 Å². The SMILES string of the molecule is Cc1cccc(N2CCC(C)(CC(=O)O)C2)c1. The van der Waals surface area contributed by atoms with Crippen LogP contribution in [0.5, 0.6) is 0 Å². The summed E-state index contributed by atoms with van der Waals surface area (Å²) in [5.74, 6) is -0.696. The van der Waals surface area contributed by atoms with Gasteiger partial charge in [-0.3, -0.25) is 4.79 Å². The van der Waals surface area contributed by atoms with E-state index in [0.717, 1.165) is 19.5 Å². The summed E-state index contributed by atoms with van der Waals surface area (Å²) in [4.78, 5) is 13.1. The second kappa shape index (κ2) is 4.40. The number of carbonyl (C=O) groups is 1. The molecule has 0 radical (unpaired) electrons. The lowest BCUT2D eigenvalue weighted by molar-refractivity contribution is -0.139. The van der Waals surface area contributed by atoms with Gasteiger partial charge in [-0.05, 0) is 36.5 Å². The quantitative estimate of drug-likeness (QED) is 0.872. The molecule has 3 heteroatoms. The smallest absolute Gasteiger partial charge is 0.303 e. The maximum Gasteiger partial charge on any atom is 0.303 e. The van der Waals surface area contributed by atoms with E-state index in [-0.39, 0.29) is 11.8 Å². The molecule has 1 unspecified atom stereocenters. The molecule has 1 aromatic carbocycles. The van der Waals surface area contributed by atoms with E-state index < -0.39 is 5.97 Å². The zero-order valence-corrected chi connectivity index (χ0v) is 10.4. The lowest BCUT2D eigenvalue weighted by Gasteiger charge is -2.24. The molecule has 0 amide bonds. The van der Waals surface area contributed by atoms with Gasteiger partial charge in [0.05, 0.1) is 6.42 Å². The minimum absolute atomic E-state index is 0.0877. The first-order valence-electron chi connectivity index (χ1n) is 6.02. The molecule has 1 aliphatic rings. The van der Waals surface area contributed by atoms with Crippen molar-refractivity contribution in [2.45, 2.75) is 26.7 Å². The molecule has 1 heterocycles. The van der Waals surface area contributed by atoms with Gasteiger partial charge in [0.1, 0.15) is 0 Å². The van der Waals surface area contributed by atoms with Crippen LogP contribution in [0.3, 0.4) is 0 Å². The topological polar surface area (TPSA) is 40.5 Å². The highest BCUT2D eigenvalue weighted by atomic mass is 16.4. The summed E-state index contributed by atoms with van der Waals surface area (Å²) >= 11 is 0. The fraction of sp³-hybridized carbons (Fsp3) is 0.500. The zero-order chi connectivity index (χ0) is 12.5. The summed E-state index contributed by atoms with van der Waals surface area (Å²) < 4.78 is 0. The first kappa shape index (κ1) is 12.0. The summed E-state index contributed by atoms with van der Waals surface area (Å²) in [6.45, 7) is 5.93. The van der Waals surface area contributed by atoms with Crippen LogP contribution in [-0.4, -0.2) is 24.2 Å². The monoisotopic (exact) mass is 233 g/mol. The summed E-state index contributed by atoms with van der Waals surface area (Å²) in [5, 5.41) is 8.92. The lowest BCUT2D eigenvalue weighted by atomic mass is 9.86. The number of carboxylic acid groups (broad SMARTS) is 1. The lowest BCUT2D eigenvalue weighted by Crippen LogP contribution is -2.26. The van der Waals surface area contributed by atoms with E-state index in [1.165, 1.54) is 11.3 Å². The number of carboxylic acids is 1. The Hall–Kier alpha value is -1.51. The Labute approximate surface area is 102 Å². The Kier molecular flexibility index (Phi) is 3.09. The molecule has 1 aromatic rings. The molecule has 1 fully saturated rings. The van der Waals surface area contributed by atoms with Crippen molar-refractivity contribution in [2.24, 2.45) is 5.41 Å². The Morgan fingerprint density at radius 1 is 1.53 bits per heavy atom. The van der Waals surface area contributed by atoms with Crippen LogP contribution in [0.1, 0.15) is 25.3 Å². The van der Waals surface area contributed by atoms with Crippen molar-refractivity contribution in [3.05, 3.63) is 29.8 Å². The first-order chi connectivity index (χ1) is 7.98. The molecule has 0 saturated carbocycles. The molecule has 17 heavy (non-hydrogen) atoms. The number of hydrogen-bond acceptors (Lipinski definition) is 2. The summed E-state index contributed by atoms with van der Waals surface area (Å²) in [5.41, 5.74) is 2.36.